The van der Waals surface area contributed by atoms with Gasteiger partial charge in [0.1, 0.15) is 0 Å². The number of nitrogens with one attached hydrogen (secondary N) is 3. The molecule has 2 aromatic carbocycles. The number of carbonyl (C=O) groups is 2. The smallest absolute Gasteiger partial charge is 0.319 e. The van der Waals surface area contributed by atoms with E-state index >= 15 is 0 Å². The van der Waals surface area contributed by atoms with Gasteiger partial charge in [-0.15, -0.1) is 0 Å². The van der Waals surface area contributed by atoms with Crippen molar-refractivity contribution in [3.05, 3.63) is 59.7 Å². The molecule has 2 aromatic rings. The van der Waals surface area contributed by atoms with E-state index < -0.39 is 0 Å². The summed E-state index contributed by atoms with van der Waals surface area (Å²) in [6.45, 7) is 3.67. The number of carbonyl (C=O) groups excluding carboxylic acids is 2. The zero-order valence-corrected chi connectivity index (χ0v) is 15.8. The summed E-state index contributed by atoms with van der Waals surface area (Å²) in [5, 5.41) is 8.54. The van der Waals surface area contributed by atoms with E-state index in [1.807, 2.05) is 25.1 Å². The number of nitrogens with zero attached hydrogens (tertiary/aromatic N) is 1. The van der Waals surface area contributed by atoms with E-state index in [1.165, 1.54) is 5.69 Å². The Balaban J connectivity index is 1.54. The van der Waals surface area contributed by atoms with Crippen molar-refractivity contribution < 1.29 is 9.59 Å². The monoisotopic (exact) mass is 366 g/mol. The number of rotatable bonds is 4. The van der Waals surface area contributed by atoms with Gasteiger partial charge >= 0.3 is 6.03 Å². The lowest BCUT2D eigenvalue weighted by molar-refractivity contribution is 0.0962. The summed E-state index contributed by atoms with van der Waals surface area (Å²) in [6, 6.07) is 15.6. The van der Waals surface area contributed by atoms with Gasteiger partial charge in [-0.05, 0) is 49.6 Å². The molecule has 1 aliphatic heterocycles. The fourth-order valence-corrected chi connectivity index (χ4v) is 3.42. The minimum Gasteiger partial charge on any atom is -0.371 e. The van der Waals surface area contributed by atoms with E-state index in [9.17, 15) is 9.59 Å². The minimum atomic E-state index is -0.231. The van der Waals surface area contributed by atoms with Gasteiger partial charge < -0.3 is 20.9 Å². The van der Waals surface area contributed by atoms with Gasteiger partial charge in [-0.1, -0.05) is 24.3 Å². The second kappa shape index (κ2) is 8.58. The molecule has 0 aliphatic carbocycles. The van der Waals surface area contributed by atoms with Crippen molar-refractivity contribution in [3.8, 4) is 0 Å². The zero-order chi connectivity index (χ0) is 19.2. The van der Waals surface area contributed by atoms with Crippen molar-refractivity contribution in [1.82, 2.24) is 10.6 Å². The molecule has 0 spiro atoms. The number of amides is 3. The SMILES string of the molecule is CNC(=O)c1cccc(NC(=O)NC2CCN(c3ccccc3)CC2)c1C. The Labute approximate surface area is 159 Å². The molecule has 1 heterocycles. The second-order valence-corrected chi connectivity index (χ2v) is 6.75. The first-order valence-corrected chi connectivity index (χ1v) is 9.27. The van der Waals surface area contributed by atoms with Gasteiger partial charge in [-0.2, -0.15) is 0 Å². The van der Waals surface area contributed by atoms with E-state index in [1.54, 1.807) is 25.2 Å². The molecule has 1 aliphatic rings. The highest BCUT2D eigenvalue weighted by Crippen LogP contribution is 2.21. The molecule has 0 bridgehead atoms. The lowest BCUT2D eigenvalue weighted by Crippen LogP contribution is -2.46. The molecule has 3 amide bonds. The highest BCUT2D eigenvalue weighted by molar-refractivity contribution is 5.98. The van der Waals surface area contributed by atoms with E-state index in [2.05, 4.69) is 33.0 Å². The van der Waals surface area contributed by atoms with Crippen molar-refractivity contribution in [3.63, 3.8) is 0 Å². The number of hydrogen-bond donors (Lipinski definition) is 3. The Morgan fingerprint density at radius 1 is 1.00 bits per heavy atom. The summed E-state index contributed by atoms with van der Waals surface area (Å²) >= 11 is 0. The molecule has 0 aromatic heterocycles. The molecule has 0 saturated carbocycles. The van der Waals surface area contributed by atoms with Crippen LogP contribution in [0.5, 0.6) is 0 Å². The van der Waals surface area contributed by atoms with Gasteiger partial charge in [-0.3, -0.25) is 4.79 Å². The Kier molecular flexibility index (Phi) is 5.96. The Morgan fingerprint density at radius 3 is 2.37 bits per heavy atom. The standard InChI is InChI=1S/C21H26N4O2/c1-15-18(20(26)22-2)9-6-10-19(15)24-21(27)23-16-11-13-25(14-12-16)17-7-4-3-5-8-17/h3-10,16H,11-14H2,1-2H3,(H,22,26)(H2,23,24,27). The third-order valence-corrected chi connectivity index (χ3v) is 5.01. The molecule has 6 heteroatoms. The molecular weight excluding hydrogens is 340 g/mol. The predicted octanol–water partition coefficient (Wildman–Crippen LogP) is 3.15. The molecule has 6 nitrogen and oxygen atoms in total. The summed E-state index contributed by atoms with van der Waals surface area (Å²) in [5.41, 5.74) is 3.19. The van der Waals surface area contributed by atoms with Gasteiger partial charge in [0.25, 0.3) is 5.91 Å². The lowest BCUT2D eigenvalue weighted by atomic mass is 10.0. The van der Waals surface area contributed by atoms with Crippen LogP contribution in [-0.4, -0.2) is 38.1 Å². The number of para-hydroxylation sites is 1. The van der Waals surface area contributed by atoms with Gasteiger partial charge in [0.05, 0.1) is 0 Å². The van der Waals surface area contributed by atoms with Crippen LogP contribution in [-0.2, 0) is 0 Å². The maximum atomic E-state index is 12.4. The van der Waals surface area contributed by atoms with E-state index in [4.69, 9.17) is 0 Å². The third kappa shape index (κ3) is 4.58. The van der Waals surface area contributed by atoms with Gasteiger partial charge in [0, 0.05) is 43.1 Å². The number of anilines is 2. The van der Waals surface area contributed by atoms with Crippen molar-refractivity contribution in [2.45, 2.75) is 25.8 Å². The Bertz CT molecular complexity index is 799. The predicted molar refractivity (Wildman–Crippen MR) is 108 cm³/mol. The fourth-order valence-electron chi connectivity index (χ4n) is 3.42. The van der Waals surface area contributed by atoms with Crippen LogP contribution in [0.25, 0.3) is 0 Å². The molecule has 3 rings (SSSR count). The number of piperidine rings is 1. The average molecular weight is 366 g/mol. The summed E-state index contributed by atoms with van der Waals surface area (Å²) in [5.74, 6) is -0.162. The normalized spacial score (nSPS) is 14.5. The van der Waals surface area contributed by atoms with Crippen molar-refractivity contribution in [2.75, 3.05) is 30.4 Å². The van der Waals surface area contributed by atoms with E-state index in [-0.39, 0.29) is 18.0 Å². The van der Waals surface area contributed by atoms with Crippen LogP contribution >= 0.6 is 0 Å². The van der Waals surface area contributed by atoms with Gasteiger partial charge in [0.2, 0.25) is 0 Å². The van der Waals surface area contributed by atoms with Crippen LogP contribution in [0.1, 0.15) is 28.8 Å². The van der Waals surface area contributed by atoms with Crippen LogP contribution in [0.4, 0.5) is 16.2 Å². The number of hydrogen-bond acceptors (Lipinski definition) is 3. The summed E-state index contributed by atoms with van der Waals surface area (Å²) in [4.78, 5) is 26.6. The molecule has 0 atom stereocenters. The van der Waals surface area contributed by atoms with Crippen LogP contribution in [0.2, 0.25) is 0 Å². The van der Waals surface area contributed by atoms with Gasteiger partial charge in [0.15, 0.2) is 0 Å². The molecule has 3 N–H and O–H groups in total. The highest BCUT2D eigenvalue weighted by Gasteiger charge is 2.21. The Morgan fingerprint density at radius 2 is 1.70 bits per heavy atom. The average Bonchev–Trinajstić information content (AvgIpc) is 2.70. The summed E-state index contributed by atoms with van der Waals surface area (Å²) < 4.78 is 0. The van der Waals surface area contributed by atoms with E-state index in [0.717, 1.165) is 31.5 Å². The van der Waals surface area contributed by atoms with Crippen LogP contribution in [0, 0.1) is 6.92 Å². The summed E-state index contributed by atoms with van der Waals surface area (Å²) in [7, 11) is 1.59. The summed E-state index contributed by atoms with van der Waals surface area (Å²) in [6.07, 6.45) is 1.80. The quantitative estimate of drug-likeness (QED) is 0.778. The maximum absolute atomic E-state index is 12.4. The lowest BCUT2D eigenvalue weighted by Gasteiger charge is -2.34. The van der Waals surface area contributed by atoms with Crippen molar-refractivity contribution >= 4 is 23.3 Å². The van der Waals surface area contributed by atoms with Gasteiger partial charge in [-0.25, -0.2) is 4.79 Å². The molecule has 0 unspecified atom stereocenters. The first-order valence-electron chi connectivity index (χ1n) is 9.27. The van der Waals surface area contributed by atoms with Crippen molar-refractivity contribution in [2.24, 2.45) is 0 Å². The molecule has 27 heavy (non-hydrogen) atoms. The first-order chi connectivity index (χ1) is 13.1. The van der Waals surface area contributed by atoms with Crippen LogP contribution in [0.15, 0.2) is 48.5 Å². The largest absolute Gasteiger partial charge is 0.371 e. The molecular formula is C21H26N4O2. The van der Waals surface area contributed by atoms with Crippen LogP contribution < -0.4 is 20.9 Å². The number of benzene rings is 2. The fraction of sp³-hybridized carbons (Fsp3) is 0.333. The Hall–Kier alpha value is -3.02. The topological polar surface area (TPSA) is 73.5 Å². The molecule has 1 saturated heterocycles. The molecule has 0 radical (unpaired) electrons. The third-order valence-electron chi connectivity index (χ3n) is 5.01. The molecule has 1 fully saturated rings. The second-order valence-electron chi connectivity index (χ2n) is 6.75. The highest BCUT2D eigenvalue weighted by atomic mass is 16.2. The zero-order valence-electron chi connectivity index (χ0n) is 15.8. The van der Waals surface area contributed by atoms with Crippen LogP contribution in [0.3, 0.4) is 0 Å². The number of urea groups is 1. The molecule has 142 valence electrons. The van der Waals surface area contributed by atoms with Crippen molar-refractivity contribution in [1.29, 1.82) is 0 Å². The minimum absolute atomic E-state index is 0.146. The maximum Gasteiger partial charge on any atom is 0.319 e. The van der Waals surface area contributed by atoms with E-state index in [0.29, 0.717) is 11.3 Å². The first kappa shape index (κ1) is 18.8.